The summed E-state index contributed by atoms with van der Waals surface area (Å²) in [6.45, 7) is 1.74. The third-order valence-corrected chi connectivity index (χ3v) is 2.84. The van der Waals surface area contributed by atoms with E-state index in [1.807, 2.05) is 0 Å². The van der Waals surface area contributed by atoms with Gasteiger partial charge in [-0.25, -0.2) is 4.79 Å². The second-order valence-electron chi connectivity index (χ2n) is 3.23. The van der Waals surface area contributed by atoms with Gasteiger partial charge in [-0.15, -0.1) is 0 Å². The highest BCUT2D eigenvalue weighted by Gasteiger charge is 2.22. The first-order chi connectivity index (χ1) is 7.69. The summed E-state index contributed by atoms with van der Waals surface area (Å²) in [4.78, 5) is 22.4. The number of aryl methyl sites for hydroxylation is 1. The maximum atomic E-state index is 11.5. The Hall–Kier alpha value is -1.82. The molecule has 0 spiro atoms. The largest absolute Gasteiger partial charge is 0.465 e. The van der Waals surface area contributed by atoms with Crippen molar-refractivity contribution in [2.24, 2.45) is 8.73 Å². The second kappa shape index (κ2) is 3.97. The Bertz CT molecular complexity index is 560. The van der Waals surface area contributed by atoms with Gasteiger partial charge in [0, 0.05) is 5.56 Å². The van der Waals surface area contributed by atoms with Crippen molar-refractivity contribution in [2.45, 2.75) is 6.92 Å². The zero-order chi connectivity index (χ0) is 11.7. The highest BCUT2D eigenvalue weighted by atomic mass is 32.1. The smallest absolute Gasteiger partial charge is 0.340 e. The molecule has 1 heterocycles. The van der Waals surface area contributed by atoms with Crippen LogP contribution in [0.15, 0.2) is 14.8 Å². The number of carbonyl (C=O) groups excluding carboxylic acids is 2. The van der Waals surface area contributed by atoms with Crippen molar-refractivity contribution in [1.29, 1.82) is 0 Å². The van der Waals surface area contributed by atoms with Crippen LogP contribution in [0, 0.1) is 6.92 Å². The van der Waals surface area contributed by atoms with Gasteiger partial charge in [-0.3, -0.25) is 4.79 Å². The molecule has 0 aromatic heterocycles. The Balaban J connectivity index is 2.73. The van der Waals surface area contributed by atoms with Gasteiger partial charge in [0.25, 0.3) is 0 Å². The van der Waals surface area contributed by atoms with Crippen LogP contribution in [0.4, 0.5) is 11.4 Å². The van der Waals surface area contributed by atoms with E-state index >= 15 is 0 Å². The molecule has 0 unspecified atom stereocenters. The summed E-state index contributed by atoms with van der Waals surface area (Å²) in [6.07, 6.45) is 0.722. The molecular formula is C10H8N2O3S. The fraction of sp³-hybridized carbons (Fsp3) is 0.200. The lowest BCUT2D eigenvalue weighted by molar-refractivity contribution is 0.0601. The van der Waals surface area contributed by atoms with E-state index in [1.165, 1.54) is 7.11 Å². The number of ether oxygens (including phenoxy) is 1. The fourth-order valence-electron chi connectivity index (χ4n) is 1.51. The Kier molecular flexibility index (Phi) is 2.66. The molecule has 5 nitrogen and oxygen atoms in total. The number of nitrogens with zero attached hydrogens (tertiary/aromatic N) is 2. The van der Waals surface area contributed by atoms with E-state index in [4.69, 9.17) is 0 Å². The van der Waals surface area contributed by atoms with E-state index in [1.54, 1.807) is 13.0 Å². The highest BCUT2D eigenvalue weighted by Crippen LogP contribution is 2.39. The summed E-state index contributed by atoms with van der Waals surface area (Å²) in [5.74, 6) is -0.474. The molecule has 0 aliphatic carbocycles. The monoisotopic (exact) mass is 236 g/mol. The van der Waals surface area contributed by atoms with Crippen molar-refractivity contribution in [1.82, 2.24) is 0 Å². The lowest BCUT2D eigenvalue weighted by atomic mass is 10.0. The van der Waals surface area contributed by atoms with E-state index in [-0.39, 0.29) is 0 Å². The number of carbonyl (C=O) groups is 2. The van der Waals surface area contributed by atoms with Crippen LogP contribution in [0.5, 0.6) is 0 Å². The van der Waals surface area contributed by atoms with Gasteiger partial charge < -0.3 is 4.74 Å². The molecule has 0 N–H and O–H groups in total. The SMILES string of the molecule is COC(=O)c1cc(C)c(C=O)c2c1N=S=N2. The first-order valence-corrected chi connectivity index (χ1v) is 5.21. The number of hydrogen-bond acceptors (Lipinski definition) is 5. The van der Waals surface area contributed by atoms with Crippen molar-refractivity contribution in [3.05, 3.63) is 22.8 Å². The highest BCUT2D eigenvalue weighted by molar-refractivity contribution is 7.58. The summed E-state index contributed by atoms with van der Waals surface area (Å²) >= 11 is 0.967. The van der Waals surface area contributed by atoms with Crippen molar-refractivity contribution in [3.63, 3.8) is 0 Å². The Morgan fingerprint density at radius 3 is 2.75 bits per heavy atom. The van der Waals surface area contributed by atoms with E-state index in [0.29, 0.717) is 28.1 Å². The standard InChI is InChI=1S/C10H8N2O3S/c1-5-3-6(10(14)15-2)8-9(7(5)4-13)12-16-11-8/h3-4H,1-2H3. The first kappa shape index (κ1) is 10.7. The molecule has 1 aliphatic rings. The van der Waals surface area contributed by atoms with Gasteiger partial charge in [-0.2, -0.15) is 8.73 Å². The second-order valence-corrected chi connectivity index (χ2v) is 3.75. The van der Waals surface area contributed by atoms with Crippen LogP contribution in [0.2, 0.25) is 0 Å². The minimum absolute atomic E-state index is 0.342. The van der Waals surface area contributed by atoms with Crippen LogP contribution in [-0.4, -0.2) is 19.4 Å². The molecule has 0 saturated heterocycles. The first-order valence-electron chi connectivity index (χ1n) is 4.48. The van der Waals surface area contributed by atoms with Crippen LogP contribution >= 0.6 is 0 Å². The maximum Gasteiger partial charge on any atom is 0.340 e. The van der Waals surface area contributed by atoms with Crippen LogP contribution in [0.3, 0.4) is 0 Å². The molecular weight excluding hydrogens is 228 g/mol. The number of fused-ring (bicyclic) bond motifs is 1. The Morgan fingerprint density at radius 2 is 2.12 bits per heavy atom. The number of methoxy groups -OCH3 is 1. The van der Waals surface area contributed by atoms with Crippen LogP contribution in [0.25, 0.3) is 0 Å². The molecule has 0 atom stereocenters. The molecule has 6 heteroatoms. The van der Waals surface area contributed by atoms with E-state index in [2.05, 4.69) is 13.5 Å². The van der Waals surface area contributed by atoms with E-state index in [9.17, 15) is 9.59 Å². The third-order valence-electron chi connectivity index (χ3n) is 2.31. The van der Waals surface area contributed by atoms with Gasteiger partial charge in [0.2, 0.25) is 0 Å². The van der Waals surface area contributed by atoms with E-state index < -0.39 is 5.97 Å². The molecule has 2 rings (SSSR count). The zero-order valence-electron chi connectivity index (χ0n) is 8.68. The Morgan fingerprint density at radius 1 is 1.44 bits per heavy atom. The van der Waals surface area contributed by atoms with Crippen molar-refractivity contribution >= 4 is 35.0 Å². The van der Waals surface area contributed by atoms with Crippen molar-refractivity contribution in [2.75, 3.05) is 7.11 Å². The van der Waals surface area contributed by atoms with E-state index in [0.717, 1.165) is 17.6 Å². The normalized spacial score (nSPS) is 11.9. The summed E-state index contributed by atoms with van der Waals surface area (Å²) in [6, 6.07) is 1.60. The van der Waals surface area contributed by atoms with Gasteiger partial charge >= 0.3 is 5.97 Å². The van der Waals surface area contributed by atoms with Crippen LogP contribution < -0.4 is 0 Å². The topological polar surface area (TPSA) is 68.1 Å². The minimum Gasteiger partial charge on any atom is -0.465 e. The number of rotatable bonds is 2. The third kappa shape index (κ3) is 1.47. The van der Waals surface area contributed by atoms with Crippen molar-refractivity contribution in [3.8, 4) is 0 Å². The number of esters is 1. The van der Waals surface area contributed by atoms with Crippen LogP contribution in [-0.2, 0) is 16.1 Å². The lowest BCUT2D eigenvalue weighted by Gasteiger charge is -2.07. The molecule has 0 bridgehead atoms. The summed E-state index contributed by atoms with van der Waals surface area (Å²) in [5, 5.41) is 0. The summed E-state index contributed by atoms with van der Waals surface area (Å²) in [5.41, 5.74) is 2.38. The molecule has 1 aromatic rings. The predicted octanol–water partition coefficient (Wildman–Crippen LogP) is 2.32. The average molecular weight is 236 g/mol. The zero-order valence-corrected chi connectivity index (χ0v) is 9.50. The maximum absolute atomic E-state index is 11.5. The van der Waals surface area contributed by atoms with Gasteiger partial charge in [0.05, 0.1) is 24.0 Å². The molecule has 1 aliphatic heterocycles. The molecule has 0 fully saturated rings. The van der Waals surface area contributed by atoms with Gasteiger partial charge in [-0.05, 0) is 18.6 Å². The molecule has 0 amide bonds. The Labute approximate surface area is 95.3 Å². The molecule has 0 saturated carbocycles. The predicted molar refractivity (Wildman–Crippen MR) is 59.4 cm³/mol. The summed E-state index contributed by atoms with van der Waals surface area (Å²) < 4.78 is 12.7. The number of benzene rings is 1. The van der Waals surface area contributed by atoms with Gasteiger partial charge in [0.15, 0.2) is 6.29 Å². The minimum atomic E-state index is -0.474. The molecule has 1 aromatic carbocycles. The van der Waals surface area contributed by atoms with Gasteiger partial charge in [-0.1, -0.05) is 0 Å². The molecule has 0 radical (unpaired) electrons. The van der Waals surface area contributed by atoms with Crippen LogP contribution in [0.1, 0.15) is 26.3 Å². The van der Waals surface area contributed by atoms with Crippen molar-refractivity contribution < 1.29 is 14.3 Å². The number of aldehydes is 1. The summed E-state index contributed by atoms with van der Waals surface area (Å²) in [7, 11) is 1.30. The quantitative estimate of drug-likeness (QED) is 0.593. The number of hydrogen-bond donors (Lipinski definition) is 0. The van der Waals surface area contributed by atoms with Gasteiger partial charge in [0.1, 0.15) is 11.4 Å². The fourth-order valence-corrected chi connectivity index (χ4v) is 2.08. The molecule has 16 heavy (non-hydrogen) atoms. The average Bonchev–Trinajstić information content (AvgIpc) is 2.75. The lowest BCUT2D eigenvalue weighted by Crippen LogP contribution is -2.03. The molecule has 82 valence electrons.